The molecule has 1 aliphatic heterocycles. The Balaban J connectivity index is 1.16. The molecular formula is C25H36N2O3. The predicted molar refractivity (Wildman–Crippen MR) is 120 cm³/mol. The van der Waals surface area contributed by atoms with Crippen molar-refractivity contribution in [3.8, 4) is 0 Å². The molecular weight excluding hydrogens is 376 g/mol. The van der Waals surface area contributed by atoms with Gasteiger partial charge >= 0.3 is 0 Å². The summed E-state index contributed by atoms with van der Waals surface area (Å²) < 4.78 is 5.90. The van der Waals surface area contributed by atoms with Crippen molar-refractivity contribution in [3.63, 3.8) is 0 Å². The van der Waals surface area contributed by atoms with Crippen molar-refractivity contribution in [1.29, 1.82) is 0 Å². The SMILES string of the molecule is CC(=O)c1ccc(N2CCN(C[C@@H](O)COCC3=CC[C@H]4C[C@H]3C4(C)C)CC2)cc1. The Morgan fingerprint density at radius 2 is 1.90 bits per heavy atom. The maximum absolute atomic E-state index is 11.4. The summed E-state index contributed by atoms with van der Waals surface area (Å²) in [5.41, 5.74) is 3.78. The molecule has 0 radical (unpaired) electrons. The molecule has 1 aromatic carbocycles. The summed E-state index contributed by atoms with van der Waals surface area (Å²) in [4.78, 5) is 16.1. The number of hydrogen-bond donors (Lipinski definition) is 1. The quantitative estimate of drug-likeness (QED) is 0.524. The van der Waals surface area contributed by atoms with Crippen molar-refractivity contribution in [2.24, 2.45) is 17.3 Å². The maximum atomic E-state index is 11.4. The number of fused-ring (bicyclic) bond motifs is 1. The first-order valence-electron chi connectivity index (χ1n) is 11.4. The van der Waals surface area contributed by atoms with Crippen molar-refractivity contribution in [3.05, 3.63) is 41.5 Å². The van der Waals surface area contributed by atoms with Crippen LogP contribution in [-0.4, -0.2) is 67.8 Å². The largest absolute Gasteiger partial charge is 0.389 e. The normalized spacial score (nSPS) is 26.7. The van der Waals surface area contributed by atoms with Crippen molar-refractivity contribution in [1.82, 2.24) is 4.90 Å². The van der Waals surface area contributed by atoms with Crippen molar-refractivity contribution in [2.75, 3.05) is 50.8 Å². The number of aliphatic hydroxyl groups excluding tert-OH is 1. The van der Waals surface area contributed by atoms with Gasteiger partial charge in [0.25, 0.3) is 0 Å². The number of carbonyl (C=O) groups is 1. The van der Waals surface area contributed by atoms with Gasteiger partial charge in [0, 0.05) is 44.0 Å². The van der Waals surface area contributed by atoms with Gasteiger partial charge in [-0.15, -0.1) is 0 Å². The molecule has 1 saturated carbocycles. The lowest BCUT2D eigenvalue weighted by atomic mass is 9.49. The van der Waals surface area contributed by atoms with E-state index < -0.39 is 6.10 Å². The molecule has 5 heteroatoms. The predicted octanol–water partition coefficient (Wildman–Crippen LogP) is 3.38. The summed E-state index contributed by atoms with van der Waals surface area (Å²) in [6.07, 6.45) is 4.43. The zero-order valence-electron chi connectivity index (χ0n) is 18.6. The van der Waals surface area contributed by atoms with Crippen LogP contribution in [0.4, 0.5) is 5.69 Å². The third-order valence-corrected chi connectivity index (χ3v) is 7.64. The van der Waals surface area contributed by atoms with Crippen LogP contribution in [0.2, 0.25) is 0 Å². The number of rotatable bonds is 8. The van der Waals surface area contributed by atoms with Gasteiger partial charge in [-0.1, -0.05) is 19.9 Å². The molecule has 30 heavy (non-hydrogen) atoms. The fourth-order valence-electron chi connectivity index (χ4n) is 5.40. The Bertz CT molecular complexity index is 778. The minimum atomic E-state index is -0.447. The van der Waals surface area contributed by atoms with Crippen LogP contribution in [0.15, 0.2) is 35.9 Å². The van der Waals surface area contributed by atoms with Gasteiger partial charge in [-0.25, -0.2) is 0 Å². The second kappa shape index (κ2) is 8.81. The van der Waals surface area contributed by atoms with Crippen molar-refractivity contribution in [2.45, 2.75) is 39.7 Å². The van der Waals surface area contributed by atoms with Crippen LogP contribution in [0.3, 0.4) is 0 Å². The molecule has 2 bridgehead atoms. The van der Waals surface area contributed by atoms with Crippen LogP contribution in [0, 0.1) is 17.3 Å². The van der Waals surface area contributed by atoms with E-state index in [1.165, 1.54) is 18.4 Å². The van der Waals surface area contributed by atoms with E-state index in [-0.39, 0.29) is 5.78 Å². The van der Waals surface area contributed by atoms with E-state index in [9.17, 15) is 9.90 Å². The Labute approximate surface area is 180 Å². The summed E-state index contributed by atoms with van der Waals surface area (Å²) in [6.45, 7) is 11.8. The maximum Gasteiger partial charge on any atom is 0.159 e. The molecule has 0 amide bonds. The van der Waals surface area contributed by atoms with E-state index in [1.54, 1.807) is 6.92 Å². The van der Waals surface area contributed by atoms with Gasteiger partial charge in [-0.2, -0.15) is 0 Å². The Morgan fingerprint density at radius 1 is 1.20 bits per heavy atom. The summed E-state index contributed by atoms with van der Waals surface area (Å²) in [6, 6.07) is 7.86. The number of piperazine rings is 1. The molecule has 1 saturated heterocycles. The van der Waals surface area contributed by atoms with Gasteiger partial charge in [0.05, 0.1) is 19.3 Å². The first kappa shape index (κ1) is 21.5. The van der Waals surface area contributed by atoms with Crippen LogP contribution in [0.5, 0.6) is 0 Å². The Morgan fingerprint density at radius 3 is 2.50 bits per heavy atom. The molecule has 1 aromatic rings. The highest BCUT2D eigenvalue weighted by atomic mass is 16.5. The first-order chi connectivity index (χ1) is 14.3. The molecule has 1 N–H and O–H groups in total. The molecule has 0 unspecified atom stereocenters. The number of benzene rings is 1. The van der Waals surface area contributed by atoms with Gasteiger partial charge < -0.3 is 14.7 Å². The van der Waals surface area contributed by atoms with E-state index in [4.69, 9.17) is 4.74 Å². The first-order valence-corrected chi connectivity index (χ1v) is 11.4. The zero-order chi connectivity index (χ0) is 21.3. The second-order valence-corrected chi connectivity index (χ2v) is 9.88. The number of nitrogens with zero attached hydrogens (tertiary/aromatic N) is 2. The van der Waals surface area contributed by atoms with Crippen LogP contribution in [0.25, 0.3) is 0 Å². The molecule has 4 aliphatic rings. The third kappa shape index (κ3) is 4.48. The van der Waals surface area contributed by atoms with Crippen molar-refractivity contribution >= 4 is 11.5 Å². The average Bonchev–Trinajstić information content (AvgIpc) is 2.74. The molecule has 164 valence electrons. The third-order valence-electron chi connectivity index (χ3n) is 7.64. The highest BCUT2D eigenvalue weighted by molar-refractivity contribution is 5.94. The number of ether oxygens (including phenoxy) is 1. The second-order valence-electron chi connectivity index (χ2n) is 9.88. The van der Waals surface area contributed by atoms with E-state index in [1.807, 2.05) is 24.3 Å². The molecule has 3 aliphatic carbocycles. The molecule has 0 aromatic heterocycles. The number of anilines is 1. The molecule has 0 spiro atoms. The highest BCUT2D eigenvalue weighted by Crippen LogP contribution is 2.59. The lowest BCUT2D eigenvalue weighted by molar-refractivity contribution is -0.0262. The van der Waals surface area contributed by atoms with Crippen molar-refractivity contribution < 1.29 is 14.6 Å². The number of ketones is 1. The smallest absolute Gasteiger partial charge is 0.159 e. The standard InChI is InChI=1S/C25H36N2O3/c1-18(28)19-5-8-22(9-6-19)27-12-10-26(11-13-27)15-23(29)17-30-16-20-4-7-21-14-24(20)25(21,2)3/h4-6,8-9,21,23-24,29H,7,10-17H2,1-3H3/t21-,23+,24+/m0/s1. The van der Waals surface area contributed by atoms with Crippen LogP contribution in [0.1, 0.15) is 44.0 Å². The van der Waals surface area contributed by atoms with E-state index in [0.717, 1.165) is 43.3 Å². The molecule has 3 atom stereocenters. The number of hydrogen-bond acceptors (Lipinski definition) is 5. The molecule has 2 fully saturated rings. The summed E-state index contributed by atoms with van der Waals surface area (Å²) in [5.74, 6) is 1.62. The number of carbonyl (C=O) groups excluding carboxylic acids is 1. The van der Waals surface area contributed by atoms with Gasteiger partial charge in [-0.3, -0.25) is 9.69 Å². The number of β-amino-alcohol motifs (C(OH)–C–C–N with tert-alkyl or cyclic N) is 1. The van der Waals surface area contributed by atoms with E-state index in [2.05, 4.69) is 29.7 Å². The number of allylic oxidation sites excluding steroid dienone is 1. The van der Waals surface area contributed by atoms with Gasteiger partial charge in [0.15, 0.2) is 5.78 Å². The summed E-state index contributed by atoms with van der Waals surface area (Å²) >= 11 is 0. The summed E-state index contributed by atoms with van der Waals surface area (Å²) in [5, 5.41) is 10.4. The average molecular weight is 413 g/mol. The highest BCUT2D eigenvalue weighted by Gasteiger charge is 2.50. The topological polar surface area (TPSA) is 53.0 Å². The van der Waals surface area contributed by atoms with Gasteiger partial charge in [-0.05, 0) is 66.9 Å². The van der Waals surface area contributed by atoms with Gasteiger partial charge in [0.2, 0.25) is 0 Å². The van der Waals surface area contributed by atoms with Crippen LogP contribution >= 0.6 is 0 Å². The fourth-order valence-corrected chi connectivity index (χ4v) is 5.40. The lowest BCUT2D eigenvalue weighted by Gasteiger charge is -2.56. The molecule has 5 nitrogen and oxygen atoms in total. The monoisotopic (exact) mass is 412 g/mol. The Kier molecular flexibility index (Phi) is 6.33. The van der Waals surface area contributed by atoms with Gasteiger partial charge in [0.1, 0.15) is 0 Å². The fraction of sp³-hybridized carbons (Fsp3) is 0.640. The number of Topliss-reactive ketones (excluding diaryl/α,β-unsaturated/α-hetero) is 1. The molecule has 5 rings (SSSR count). The van der Waals surface area contributed by atoms with E-state index in [0.29, 0.717) is 31.1 Å². The number of aliphatic hydroxyl groups is 1. The minimum absolute atomic E-state index is 0.1000. The van der Waals surface area contributed by atoms with Crippen LogP contribution in [-0.2, 0) is 4.74 Å². The lowest BCUT2D eigenvalue weighted by Crippen LogP contribution is -2.49. The minimum Gasteiger partial charge on any atom is -0.389 e. The summed E-state index contributed by atoms with van der Waals surface area (Å²) in [7, 11) is 0. The zero-order valence-corrected chi connectivity index (χ0v) is 18.6. The van der Waals surface area contributed by atoms with Crippen LogP contribution < -0.4 is 4.90 Å². The van der Waals surface area contributed by atoms with E-state index >= 15 is 0 Å². The molecule has 1 heterocycles. The Hall–Kier alpha value is -1.69.